The van der Waals surface area contributed by atoms with Gasteiger partial charge in [0.2, 0.25) is 0 Å². The Morgan fingerprint density at radius 3 is 2.15 bits per heavy atom. The lowest BCUT2D eigenvalue weighted by molar-refractivity contribution is -0.146. The largest absolute Gasteiger partial charge is 0.468 e. The molecule has 0 aromatic carbocycles. The summed E-state index contributed by atoms with van der Waals surface area (Å²) in [6.45, 7) is 2.76. The number of unbranched alkanes of at least 4 members (excludes halogenated alkanes) is 1. The number of rotatable bonds is 11. The molecule has 1 N–H and O–H groups in total. The highest BCUT2D eigenvalue weighted by Gasteiger charge is 2.18. The maximum Gasteiger partial charge on any atom is 0.319 e. The van der Waals surface area contributed by atoms with Gasteiger partial charge in [0.25, 0.3) is 0 Å². The molecule has 0 radical (unpaired) electrons. The summed E-state index contributed by atoms with van der Waals surface area (Å²) in [7, 11) is 2.53. The quantitative estimate of drug-likeness (QED) is 0.417. The van der Waals surface area contributed by atoms with Gasteiger partial charge in [0.1, 0.15) is 0 Å². The zero-order valence-electron chi connectivity index (χ0n) is 12.5. The fraction of sp³-hybridized carbons (Fsp3) is 0.846. The summed E-state index contributed by atoms with van der Waals surface area (Å²) in [5.74, 6) is -0.957. The average molecular weight is 291 g/mol. The van der Waals surface area contributed by atoms with Crippen molar-refractivity contribution in [3.8, 4) is 0 Å². The number of carbonyl (C=O) groups is 2. The van der Waals surface area contributed by atoms with Gasteiger partial charge >= 0.3 is 11.9 Å². The third-order valence-electron chi connectivity index (χ3n) is 2.58. The summed E-state index contributed by atoms with van der Waals surface area (Å²) in [6, 6.07) is 0. The molecule has 0 rings (SSSR count). The molecule has 0 bridgehead atoms. The van der Waals surface area contributed by atoms with Crippen LogP contribution in [0.25, 0.3) is 0 Å². The number of esters is 2. The Morgan fingerprint density at radius 2 is 1.70 bits per heavy atom. The van der Waals surface area contributed by atoms with E-state index in [1.807, 2.05) is 6.92 Å². The van der Waals surface area contributed by atoms with Crippen LogP contribution < -0.4 is 0 Å². The Hall–Kier alpha value is -1.18. The Kier molecular flexibility index (Phi) is 10.9. The van der Waals surface area contributed by atoms with E-state index in [9.17, 15) is 14.7 Å². The SMILES string of the molecule is CCCCOCC(O)CN(CC(=O)OC)CC(=O)OC. The van der Waals surface area contributed by atoms with Crippen molar-refractivity contribution in [3.63, 3.8) is 0 Å². The highest BCUT2D eigenvalue weighted by Crippen LogP contribution is 1.97. The van der Waals surface area contributed by atoms with Crippen LogP contribution >= 0.6 is 0 Å². The van der Waals surface area contributed by atoms with E-state index < -0.39 is 18.0 Å². The maximum atomic E-state index is 11.2. The summed E-state index contributed by atoms with van der Waals surface area (Å²) < 4.78 is 14.4. The molecular formula is C13H25NO6. The molecule has 0 aliphatic carbocycles. The van der Waals surface area contributed by atoms with Crippen LogP contribution in [0.15, 0.2) is 0 Å². The van der Waals surface area contributed by atoms with Crippen LogP contribution in [0.2, 0.25) is 0 Å². The minimum atomic E-state index is -0.777. The molecule has 0 aliphatic heterocycles. The molecule has 0 saturated carbocycles. The molecule has 0 fully saturated rings. The Bertz CT molecular complexity index is 266. The molecule has 1 unspecified atom stereocenters. The summed E-state index contributed by atoms with van der Waals surface area (Å²) >= 11 is 0. The van der Waals surface area contributed by atoms with Crippen molar-refractivity contribution in [2.45, 2.75) is 25.9 Å². The van der Waals surface area contributed by atoms with E-state index in [4.69, 9.17) is 4.74 Å². The second kappa shape index (κ2) is 11.6. The van der Waals surface area contributed by atoms with E-state index >= 15 is 0 Å². The normalized spacial score (nSPS) is 12.2. The first-order valence-corrected chi connectivity index (χ1v) is 6.65. The van der Waals surface area contributed by atoms with Crippen LogP contribution in [0.4, 0.5) is 0 Å². The molecule has 1 atom stereocenters. The topological polar surface area (TPSA) is 85.3 Å². The van der Waals surface area contributed by atoms with Crippen LogP contribution in [0, 0.1) is 0 Å². The lowest BCUT2D eigenvalue weighted by atomic mass is 10.3. The lowest BCUT2D eigenvalue weighted by Gasteiger charge is -2.22. The predicted octanol–water partition coefficient (Wildman–Crippen LogP) is -0.188. The molecular weight excluding hydrogens is 266 g/mol. The highest BCUT2D eigenvalue weighted by molar-refractivity contribution is 5.74. The molecule has 7 heteroatoms. The Morgan fingerprint density at radius 1 is 1.15 bits per heavy atom. The zero-order valence-corrected chi connectivity index (χ0v) is 12.5. The molecule has 7 nitrogen and oxygen atoms in total. The van der Waals surface area contributed by atoms with Gasteiger partial charge in [-0.15, -0.1) is 0 Å². The van der Waals surface area contributed by atoms with E-state index in [1.54, 1.807) is 0 Å². The van der Waals surface area contributed by atoms with Crippen LogP contribution in [0.3, 0.4) is 0 Å². The Balaban J connectivity index is 4.17. The summed E-state index contributed by atoms with van der Waals surface area (Å²) in [4.78, 5) is 24.0. The van der Waals surface area contributed by atoms with Crippen molar-refractivity contribution >= 4 is 11.9 Å². The van der Waals surface area contributed by atoms with Crippen LogP contribution in [-0.4, -0.2) is 75.1 Å². The molecule has 0 heterocycles. The number of hydrogen-bond donors (Lipinski definition) is 1. The number of nitrogens with zero attached hydrogens (tertiary/aromatic N) is 1. The smallest absolute Gasteiger partial charge is 0.319 e. The zero-order chi connectivity index (χ0) is 15.4. The Labute approximate surface area is 119 Å². The van der Waals surface area contributed by atoms with Crippen LogP contribution in [0.5, 0.6) is 0 Å². The van der Waals surface area contributed by atoms with E-state index in [0.717, 1.165) is 12.8 Å². The predicted molar refractivity (Wildman–Crippen MR) is 72.2 cm³/mol. The third-order valence-corrected chi connectivity index (χ3v) is 2.58. The number of aliphatic hydroxyl groups excluding tert-OH is 1. The molecule has 0 aliphatic rings. The molecule has 0 amide bonds. The van der Waals surface area contributed by atoms with Crippen molar-refractivity contribution < 1.29 is 28.9 Å². The monoisotopic (exact) mass is 291 g/mol. The molecule has 0 aromatic heterocycles. The van der Waals surface area contributed by atoms with Crippen molar-refractivity contribution in [3.05, 3.63) is 0 Å². The standard InChI is InChI=1S/C13H25NO6/c1-4-5-6-20-10-11(15)7-14(8-12(16)18-2)9-13(17)19-3/h11,15H,4-10H2,1-3H3. The van der Waals surface area contributed by atoms with Gasteiger partial charge in [0.15, 0.2) is 0 Å². The molecule has 118 valence electrons. The van der Waals surface area contributed by atoms with Crippen molar-refractivity contribution in [1.29, 1.82) is 0 Å². The number of aliphatic hydroxyl groups is 1. The highest BCUT2D eigenvalue weighted by atomic mass is 16.5. The first-order chi connectivity index (χ1) is 9.53. The second-order valence-corrected chi connectivity index (χ2v) is 4.40. The van der Waals surface area contributed by atoms with Gasteiger partial charge in [-0.05, 0) is 6.42 Å². The van der Waals surface area contributed by atoms with Crippen LogP contribution in [0.1, 0.15) is 19.8 Å². The van der Waals surface area contributed by atoms with Crippen molar-refractivity contribution in [2.24, 2.45) is 0 Å². The summed E-state index contributed by atoms with van der Waals surface area (Å²) in [5, 5.41) is 9.82. The number of methoxy groups -OCH3 is 2. The van der Waals surface area contributed by atoms with Crippen molar-refractivity contribution in [1.82, 2.24) is 4.90 Å². The number of ether oxygens (including phenoxy) is 3. The molecule has 20 heavy (non-hydrogen) atoms. The fourth-order valence-corrected chi connectivity index (χ4v) is 1.50. The van der Waals surface area contributed by atoms with Crippen molar-refractivity contribution in [2.75, 3.05) is 47.1 Å². The third kappa shape index (κ3) is 9.71. The van der Waals surface area contributed by atoms with E-state index in [2.05, 4.69) is 9.47 Å². The van der Waals surface area contributed by atoms with Gasteiger partial charge < -0.3 is 19.3 Å². The first kappa shape index (κ1) is 18.8. The average Bonchev–Trinajstić information content (AvgIpc) is 2.43. The van der Waals surface area contributed by atoms with Gasteiger partial charge in [-0.25, -0.2) is 0 Å². The van der Waals surface area contributed by atoms with Crippen LogP contribution in [-0.2, 0) is 23.8 Å². The fourth-order valence-electron chi connectivity index (χ4n) is 1.50. The van der Waals surface area contributed by atoms with E-state index in [0.29, 0.717) is 6.61 Å². The van der Waals surface area contributed by atoms with E-state index in [1.165, 1.54) is 19.1 Å². The van der Waals surface area contributed by atoms with Gasteiger partial charge in [0.05, 0.1) is 40.0 Å². The summed E-state index contributed by atoms with van der Waals surface area (Å²) in [6.07, 6.45) is 1.18. The van der Waals surface area contributed by atoms with Gasteiger partial charge in [0, 0.05) is 13.2 Å². The number of carbonyl (C=O) groups excluding carboxylic acids is 2. The summed E-state index contributed by atoms with van der Waals surface area (Å²) in [5.41, 5.74) is 0. The number of hydrogen-bond acceptors (Lipinski definition) is 7. The lowest BCUT2D eigenvalue weighted by Crippen LogP contribution is -2.41. The molecule has 0 aromatic rings. The van der Waals surface area contributed by atoms with E-state index in [-0.39, 0.29) is 26.2 Å². The van der Waals surface area contributed by atoms with Gasteiger partial charge in [-0.1, -0.05) is 13.3 Å². The minimum absolute atomic E-state index is 0.0857. The molecule has 0 spiro atoms. The maximum absolute atomic E-state index is 11.2. The second-order valence-electron chi connectivity index (χ2n) is 4.40. The molecule has 0 saturated heterocycles. The first-order valence-electron chi connectivity index (χ1n) is 6.65. The minimum Gasteiger partial charge on any atom is -0.468 e. The van der Waals surface area contributed by atoms with Gasteiger partial charge in [-0.2, -0.15) is 0 Å². The van der Waals surface area contributed by atoms with Gasteiger partial charge in [-0.3, -0.25) is 14.5 Å².